The van der Waals surface area contributed by atoms with E-state index >= 15 is 0 Å². The topological polar surface area (TPSA) is 0 Å². The highest BCUT2D eigenvalue weighted by Gasteiger charge is 2.32. The van der Waals surface area contributed by atoms with Crippen molar-refractivity contribution in [2.75, 3.05) is 0 Å². The van der Waals surface area contributed by atoms with Gasteiger partial charge in [-0.1, -0.05) is 86.1 Å². The molecule has 0 bridgehead atoms. The van der Waals surface area contributed by atoms with Crippen molar-refractivity contribution >= 4 is 0 Å². The van der Waals surface area contributed by atoms with Crippen LogP contribution in [0, 0.1) is 36.5 Å². The number of hydrogen-bond donors (Lipinski definition) is 0. The molecule has 0 aromatic rings. The molecule has 0 aliphatic heterocycles. The zero-order chi connectivity index (χ0) is 22.8. The van der Waals surface area contributed by atoms with Gasteiger partial charge in [-0.25, -0.2) is 0 Å². The first kappa shape index (κ1) is 30.0. The molecule has 0 saturated heterocycles. The number of hydrogen-bond acceptors (Lipinski definition) is 0. The molecule has 3 aliphatic carbocycles. The maximum Gasteiger partial charge on any atom is -0.0172 e. The van der Waals surface area contributed by atoms with Gasteiger partial charge in [-0.15, -0.1) is 12.8 Å². The van der Waals surface area contributed by atoms with Crippen molar-refractivity contribution in [2.45, 2.75) is 113 Å². The zero-order valence-corrected chi connectivity index (χ0v) is 21.2. The minimum absolute atomic E-state index is 0.698. The molecular formula is C29H52. The largest absolute Gasteiger partial charge is 0.124 e. The van der Waals surface area contributed by atoms with Crippen LogP contribution >= 0.6 is 0 Å². The summed E-state index contributed by atoms with van der Waals surface area (Å²) in [6, 6.07) is 0. The summed E-state index contributed by atoms with van der Waals surface area (Å²) in [7, 11) is 0. The van der Waals surface area contributed by atoms with Gasteiger partial charge in [0.25, 0.3) is 0 Å². The first-order valence-corrected chi connectivity index (χ1v) is 12.4. The number of terminal acetylenes is 1. The van der Waals surface area contributed by atoms with Crippen LogP contribution in [-0.4, -0.2) is 0 Å². The van der Waals surface area contributed by atoms with Gasteiger partial charge in [0.05, 0.1) is 0 Å². The van der Waals surface area contributed by atoms with Crippen LogP contribution in [0.3, 0.4) is 0 Å². The van der Waals surface area contributed by atoms with Crippen LogP contribution in [0.5, 0.6) is 0 Å². The molecule has 0 aromatic carbocycles. The lowest BCUT2D eigenvalue weighted by Crippen LogP contribution is -2.16. The highest BCUT2D eigenvalue weighted by atomic mass is 14.4. The molecule has 0 heterocycles. The van der Waals surface area contributed by atoms with E-state index in [0.717, 1.165) is 17.8 Å². The Kier molecular flexibility index (Phi) is 19.4. The van der Waals surface area contributed by atoms with Crippen LogP contribution < -0.4 is 0 Å². The predicted octanol–water partition coefficient (Wildman–Crippen LogP) is 9.78. The third kappa shape index (κ3) is 11.5. The van der Waals surface area contributed by atoms with E-state index in [4.69, 9.17) is 0 Å². The average molecular weight is 401 g/mol. The molecule has 0 nitrogen and oxygen atoms in total. The molecule has 29 heavy (non-hydrogen) atoms. The summed E-state index contributed by atoms with van der Waals surface area (Å²) in [5.41, 5.74) is 4.69. The Morgan fingerprint density at radius 1 is 0.828 bits per heavy atom. The minimum Gasteiger partial charge on any atom is -0.124 e. The normalized spacial score (nSPS) is 27.8. The Bertz CT molecular complexity index is 483. The standard InChI is InChI=1S/C19H28.C4H10.2C2H6.C2H2/c1-14-6-3-7-16(15(14)2)12-13-18-9-4-8-17-10-5-11-19(17)18;1-4(2)3;3*1-2/h12-14,17,19H,2-11H2,1H3;4H,1-3H3;2*1-2H3;1-2H/b16-12-,18-13+;;;;/t14-,17?,19?;;;;/m0..../s1. The van der Waals surface area contributed by atoms with Crippen molar-refractivity contribution in [1.29, 1.82) is 0 Å². The molecule has 3 aliphatic rings. The second-order valence-electron chi connectivity index (χ2n) is 8.67. The Labute approximate surface area is 185 Å². The third-order valence-corrected chi connectivity index (χ3v) is 5.76. The zero-order valence-electron chi connectivity index (χ0n) is 21.2. The van der Waals surface area contributed by atoms with E-state index < -0.39 is 0 Å². The summed E-state index contributed by atoms with van der Waals surface area (Å²) in [6.07, 6.45) is 25.5. The molecule has 2 unspecified atom stereocenters. The first-order chi connectivity index (χ1) is 14.0. The van der Waals surface area contributed by atoms with Gasteiger partial charge in [0, 0.05) is 0 Å². The lowest BCUT2D eigenvalue weighted by molar-refractivity contribution is 0.349. The smallest absolute Gasteiger partial charge is 0.0172 e. The van der Waals surface area contributed by atoms with E-state index in [1.54, 1.807) is 5.57 Å². The fourth-order valence-corrected chi connectivity index (χ4v) is 4.48. The molecular weight excluding hydrogens is 348 g/mol. The third-order valence-electron chi connectivity index (χ3n) is 5.76. The van der Waals surface area contributed by atoms with E-state index in [0.29, 0.717) is 5.92 Å². The molecule has 0 N–H and O–H groups in total. The molecule has 3 saturated carbocycles. The van der Waals surface area contributed by atoms with Crippen molar-refractivity contribution in [3.8, 4) is 12.8 Å². The Balaban J connectivity index is 0. The molecule has 3 rings (SSSR count). The monoisotopic (exact) mass is 400 g/mol. The van der Waals surface area contributed by atoms with Gasteiger partial charge in [-0.3, -0.25) is 0 Å². The quantitative estimate of drug-likeness (QED) is 0.384. The lowest BCUT2D eigenvalue weighted by atomic mass is 9.77. The highest BCUT2D eigenvalue weighted by molar-refractivity contribution is 5.36. The fraction of sp³-hybridized carbons (Fsp3) is 0.724. The van der Waals surface area contributed by atoms with Crippen LogP contribution in [-0.2, 0) is 0 Å². The van der Waals surface area contributed by atoms with E-state index in [2.05, 4.69) is 59.3 Å². The molecule has 168 valence electrons. The minimum atomic E-state index is 0.698. The summed E-state index contributed by atoms with van der Waals surface area (Å²) < 4.78 is 0. The van der Waals surface area contributed by atoms with Gasteiger partial charge in [0.15, 0.2) is 0 Å². The van der Waals surface area contributed by atoms with Crippen LogP contribution in [0.15, 0.2) is 35.5 Å². The predicted molar refractivity (Wildman–Crippen MR) is 136 cm³/mol. The van der Waals surface area contributed by atoms with Gasteiger partial charge in [-0.05, 0) is 86.2 Å². The maximum atomic E-state index is 4.31. The van der Waals surface area contributed by atoms with Crippen LogP contribution in [0.1, 0.15) is 113 Å². The maximum absolute atomic E-state index is 4.31. The first-order valence-electron chi connectivity index (χ1n) is 12.4. The van der Waals surface area contributed by atoms with Gasteiger partial charge in [0.2, 0.25) is 0 Å². The van der Waals surface area contributed by atoms with Crippen molar-refractivity contribution in [2.24, 2.45) is 23.7 Å². The van der Waals surface area contributed by atoms with Gasteiger partial charge in [0.1, 0.15) is 0 Å². The summed E-state index contributed by atoms with van der Waals surface area (Å²) >= 11 is 0. The summed E-state index contributed by atoms with van der Waals surface area (Å²) in [5.74, 6) is 3.48. The van der Waals surface area contributed by atoms with Crippen molar-refractivity contribution in [3.05, 3.63) is 35.5 Å². The van der Waals surface area contributed by atoms with Crippen molar-refractivity contribution < 1.29 is 0 Å². The van der Waals surface area contributed by atoms with E-state index in [1.807, 2.05) is 27.7 Å². The lowest BCUT2D eigenvalue weighted by Gasteiger charge is -2.28. The van der Waals surface area contributed by atoms with Crippen LogP contribution in [0.2, 0.25) is 0 Å². The highest BCUT2D eigenvalue weighted by Crippen LogP contribution is 2.45. The fourth-order valence-electron chi connectivity index (χ4n) is 4.48. The Morgan fingerprint density at radius 3 is 1.93 bits per heavy atom. The SMILES string of the molecule is C#C.C=C1/C(=C\C=C2/CCCC3CCCC23)CCC[C@@H]1C.CC.CC.CC(C)C. The molecule has 3 atom stereocenters. The van der Waals surface area contributed by atoms with Gasteiger partial charge < -0.3 is 0 Å². The number of fused-ring (bicyclic) bond motifs is 1. The summed E-state index contributed by atoms with van der Waals surface area (Å²) in [5, 5.41) is 0. The second kappa shape index (κ2) is 18.8. The number of rotatable bonds is 1. The second-order valence-corrected chi connectivity index (χ2v) is 8.67. The molecule has 0 amide bonds. The van der Waals surface area contributed by atoms with E-state index in [-0.39, 0.29) is 0 Å². The average Bonchev–Trinajstić information content (AvgIpc) is 3.23. The molecule has 0 aromatic heterocycles. The van der Waals surface area contributed by atoms with Gasteiger partial charge in [-0.2, -0.15) is 0 Å². The summed E-state index contributed by atoms with van der Waals surface area (Å²) in [6.45, 7) is 21.1. The molecule has 0 heteroatoms. The Morgan fingerprint density at radius 2 is 1.34 bits per heavy atom. The van der Waals surface area contributed by atoms with Crippen LogP contribution in [0.25, 0.3) is 0 Å². The molecule has 0 radical (unpaired) electrons. The van der Waals surface area contributed by atoms with E-state index in [9.17, 15) is 0 Å². The van der Waals surface area contributed by atoms with Crippen molar-refractivity contribution in [3.63, 3.8) is 0 Å². The number of allylic oxidation sites excluding steroid dienone is 5. The molecule has 0 spiro atoms. The summed E-state index contributed by atoms with van der Waals surface area (Å²) in [4.78, 5) is 0. The van der Waals surface area contributed by atoms with Gasteiger partial charge >= 0.3 is 0 Å². The molecule has 3 fully saturated rings. The van der Waals surface area contributed by atoms with E-state index in [1.165, 1.54) is 68.9 Å². The van der Waals surface area contributed by atoms with Crippen molar-refractivity contribution in [1.82, 2.24) is 0 Å². The van der Waals surface area contributed by atoms with Crippen LogP contribution in [0.4, 0.5) is 0 Å². The Hall–Kier alpha value is -1.22.